The van der Waals surface area contributed by atoms with E-state index in [1.165, 1.54) is 18.3 Å². The third-order valence-corrected chi connectivity index (χ3v) is 2.50. The van der Waals surface area contributed by atoms with Gasteiger partial charge < -0.3 is 9.67 Å². The van der Waals surface area contributed by atoms with E-state index in [0.717, 1.165) is 6.07 Å². The number of carbonyl (C=O) groups is 1. The number of aryl methyl sites for hydroxylation is 1. The summed E-state index contributed by atoms with van der Waals surface area (Å²) >= 11 is 0. The first-order valence-corrected chi connectivity index (χ1v) is 5.00. The van der Waals surface area contributed by atoms with E-state index in [2.05, 4.69) is 4.98 Å². The van der Waals surface area contributed by atoms with Gasteiger partial charge in [0.25, 0.3) is 5.69 Å². The molecule has 0 saturated heterocycles. The topological polar surface area (TPSA) is 98.3 Å². The van der Waals surface area contributed by atoms with Crippen LogP contribution in [0.25, 0.3) is 11.4 Å². The molecule has 0 bridgehead atoms. The summed E-state index contributed by atoms with van der Waals surface area (Å²) in [5.41, 5.74) is -0.110. The number of carboxylic acid groups (broad SMARTS) is 1. The van der Waals surface area contributed by atoms with E-state index in [-0.39, 0.29) is 16.8 Å². The molecule has 0 radical (unpaired) electrons. The minimum Gasteiger partial charge on any atom is -0.478 e. The lowest BCUT2D eigenvalue weighted by atomic mass is 10.1. The predicted molar refractivity (Wildman–Crippen MR) is 62.3 cm³/mol. The van der Waals surface area contributed by atoms with Crippen LogP contribution in [0.5, 0.6) is 0 Å². The van der Waals surface area contributed by atoms with Gasteiger partial charge in [-0.1, -0.05) is 0 Å². The molecule has 0 spiro atoms. The van der Waals surface area contributed by atoms with E-state index in [0.29, 0.717) is 5.82 Å². The van der Waals surface area contributed by atoms with Gasteiger partial charge in [-0.2, -0.15) is 0 Å². The van der Waals surface area contributed by atoms with Gasteiger partial charge in [-0.25, -0.2) is 9.78 Å². The van der Waals surface area contributed by atoms with Crippen LogP contribution in [0.2, 0.25) is 0 Å². The van der Waals surface area contributed by atoms with Gasteiger partial charge in [0.2, 0.25) is 0 Å². The zero-order valence-electron chi connectivity index (χ0n) is 9.40. The van der Waals surface area contributed by atoms with Crippen molar-refractivity contribution in [1.82, 2.24) is 9.55 Å². The highest BCUT2D eigenvalue weighted by molar-refractivity contribution is 5.90. The van der Waals surface area contributed by atoms with Crippen molar-refractivity contribution in [3.8, 4) is 11.4 Å². The van der Waals surface area contributed by atoms with Gasteiger partial charge in [-0.05, 0) is 12.1 Å². The standard InChI is InChI=1S/C11H9N3O4/c1-13-5-4-12-10(13)8-3-2-7(11(15)16)6-9(8)14(17)18/h2-6H,1H3,(H,15,16). The molecule has 0 aliphatic heterocycles. The number of hydrogen-bond donors (Lipinski definition) is 1. The number of hydrogen-bond acceptors (Lipinski definition) is 4. The van der Waals surface area contributed by atoms with Crippen molar-refractivity contribution in [3.63, 3.8) is 0 Å². The van der Waals surface area contributed by atoms with Crippen molar-refractivity contribution in [2.45, 2.75) is 0 Å². The Labute approximate surface area is 101 Å². The average molecular weight is 247 g/mol. The monoisotopic (exact) mass is 247 g/mol. The van der Waals surface area contributed by atoms with Gasteiger partial charge in [0.15, 0.2) is 0 Å². The van der Waals surface area contributed by atoms with Crippen molar-refractivity contribution >= 4 is 11.7 Å². The number of imidazole rings is 1. The fourth-order valence-electron chi connectivity index (χ4n) is 1.63. The molecule has 1 aromatic heterocycles. The molecule has 7 heteroatoms. The van der Waals surface area contributed by atoms with Crippen LogP contribution in [0.3, 0.4) is 0 Å². The maximum absolute atomic E-state index is 11.0. The molecule has 92 valence electrons. The Balaban J connectivity index is 2.65. The molecule has 0 aliphatic carbocycles. The highest BCUT2D eigenvalue weighted by atomic mass is 16.6. The molecular weight excluding hydrogens is 238 g/mol. The van der Waals surface area contributed by atoms with Gasteiger partial charge in [0.05, 0.1) is 16.1 Å². The van der Waals surface area contributed by atoms with Crippen molar-refractivity contribution in [2.75, 3.05) is 0 Å². The zero-order chi connectivity index (χ0) is 13.3. The molecule has 0 amide bonds. The molecular formula is C11H9N3O4. The van der Waals surface area contributed by atoms with Crippen LogP contribution >= 0.6 is 0 Å². The number of benzene rings is 1. The molecule has 0 aliphatic rings. The van der Waals surface area contributed by atoms with Crippen LogP contribution in [0.1, 0.15) is 10.4 Å². The van der Waals surface area contributed by atoms with Gasteiger partial charge >= 0.3 is 5.97 Å². The first kappa shape index (κ1) is 11.8. The Morgan fingerprint density at radius 3 is 2.72 bits per heavy atom. The molecule has 1 aromatic carbocycles. The summed E-state index contributed by atoms with van der Waals surface area (Å²) in [6.07, 6.45) is 3.17. The number of aromatic carboxylic acids is 1. The number of carboxylic acids is 1. The summed E-state index contributed by atoms with van der Waals surface area (Å²) in [5, 5.41) is 19.8. The first-order chi connectivity index (χ1) is 8.50. The predicted octanol–water partition coefficient (Wildman–Crippen LogP) is 1.69. The van der Waals surface area contributed by atoms with Crippen molar-refractivity contribution in [2.24, 2.45) is 7.05 Å². The minimum atomic E-state index is -1.20. The lowest BCUT2D eigenvalue weighted by Crippen LogP contribution is -2.01. The smallest absolute Gasteiger partial charge is 0.335 e. The Bertz CT molecular complexity index is 633. The molecule has 2 rings (SSSR count). The molecule has 1 heterocycles. The Kier molecular flexibility index (Phi) is 2.80. The highest BCUT2D eigenvalue weighted by Gasteiger charge is 2.20. The molecule has 0 atom stereocenters. The van der Waals surface area contributed by atoms with E-state index in [1.54, 1.807) is 17.8 Å². The summed E-state index contributed by atoms with van der Waals surface area (Å²) in [7, 11) is 1.71. The van der Waals surface area contributed by atoms with E-state index < -0.39 is 10.9 Å². The third-order valence-electron chi connectivity index (χ3n) is 2.50. The van der Waals surface area contributed by atoms with Gasteiger partial charge in [0, 0.05) is 25.5 Å². The fraction of sp³-hybridized carbons (Fsp3) is 0.0909. The van der Waals surface area contributed by atoms with Crippen molar-refractivity contribution < 1.29 is 14.8 Å². The lowest BCUT2D eigenvalue weighted by molar-refractivity contribution is -0.384. The average Bonchev–Trinajstić information content (AvgIpc) is 2.74. The minimum absolute atomic E-state index is 0.125. The highest BCUT2D eigenvalue weighted by Crippen LogP contribution is 2.29. The number of nitrogens with zero attached hydrogens (tertiary/aromatic N) is 3. The van der Waals surface area contributed by atoms with Gasteiger partial charge in [-0.3, -0.25) is 10.1 Å². The molecule has 18 heavy (non-hydrogen) atoms. The SMILES string of the molecule is Cn1ccnc1-c1ccc(C(=O)O)cc1[N+](=O)[O-]. The third kappa shape index (κ3) is 1.93. The number of nitro groups is 1. The van der Waals surface area contributed by atoms with Gasteiger partial charge in [0.1, 0.15) is 5.82 Å². The summed E-state index contributed by atoms with van der Waals surface area (Å²) < 4.78 is 1.63. The first-order valence-electron chi connectivity index (χ1n) is 5.00. The molecule has 0 saturated carbocycles. The van der Waals surface area contributed by atoms with Crippen molar-refractivity contribution in [3.05, 3.63) is 46.3 Å². The lowest BCUT2D eigenvalue weighted by Gasteiger charge is -2.04. The van der Waals surface area contributed by atoms with Crippen LogP contribution < -0.4 is 0 Å². The maximum Gasteiger partial charge on any atom is 0.335 e. The Morgan fingerprint density at radius 2 is 2.22 bits per heavy atom. The van der Waals surface area contributed by atoms with Crippen LogP contribution in [-0.4, -0.2) is 25.6 Å². The largest absolute Gasteiger partial charge is 0.478 e. The van der Waals surface area contributed by atoms with E-state index in [9.17, 15) is 14.9 Å². The summed E-state index contributed by atoms with van der Waals surface area (Å²) in [6, 6.07) is 3.75. The normalized spacial score (nSPS) is 10.3. The Morgan fingerprint density at radius 1 is 1.50 bits per heavy atom. The second-order valence-electron chi connectivity index (χ2n) is 3.66. The molecule has 1 N–H and O–H groups in total. The summed E-state index contributed by atoms with van der Waals surface area (Å²) in [4.78, 5) is 25.2. The van der Waals surface area contributed by atoms with E-state index in [1.807, 2.05) is 0 Å². The molecule has 0 unspecified atom stereocenters. The van der Waals surface area contributed by atoms with Crippen LogP contribution in [0.4, 0.5) is 5.69 Å². The van der Waals surface area contributed by atoms with Crippen LogP contribution in [0, 0.1) is 10.1 Å². The van der Waals surface area contributed by atoms with E-state index in [4.69, 9.17) is 5.11 Å². The quantitative estimate of drug-likeness (QED) is 0.657. The number of nitro benzene ring substituents is 1. The van der Waals surface area contributed by atoms with Crippen molar-refractivity contribution in [1.29, 1.82) is 0 Å². The number of aromatic nitrogens is 2. The Hall–Kier alpha value is -2.70. The fourth-order valence-corrected chi connectivity index (χ4v) is 1.63. The summed E-state index contributed by atoms with van der Waals surface area (Å²) in [5.74, 6) is -0.789. The second-order valence-corrected chi connectivity index (χ2v) is 3.66. The number of rotatable bonds is 3. The van der Waals surface area contributed by atoms with E-state index >= 15 is 0 Å². The molecule has 0 fully saturated rings. The summed E-state index contributed by atoms with van der Waals surface area (Å²) in [6.45, 7) is 0. The zero-order valence-corrected chi connectivity index (χ0v) is 9.40. The van der Waals surface area contributed by atoms with Gasteiger partial charge in [-0.15, -0.1) is 0 Å². The molecule has 7 nitrogen and oxygen atoms in total. The maximum atomic E-state index is 11.0. The van der Waals surface area contributed by atoms with Crippen LogP contribution in [-0.2, 0) is 7.05 Å². The second kappa shape index (κ2) is 4.28. The van der Waals surface area contributed by atoms with Crippen LogP contribution in [0.15, 0.2) is 30.6 Å². The molecule has 2 aromatic rings.